The molecule has 5 rings (SSSR count). The van der Waals surface area contributed by atoms with Crippen LogP contribution in [0.5, 0.6) is 5.75 Å². The summed E-state index contributed by atoms with van der Waals surface area (Å²) in [6, 6.07) is 25.7. The lowest BCUT2D eigenvalue weighted by Gasteiger charge is -2.35. The van der Waals surface area contributed by atoms with Crippen LogP contribution in [0.3, 0.4) is 0 Å². The van der Waals surface area contributed by atoms with Crippen molar-refractivity contribution >= 4 is 34.4 Å². The standard InChI is InChI=1S/C37H41N3O5/c1-23-20-31(23)40(35(43)30(21-25-11-7-6-8-12-25)39-36(44)45-37(3,4)5)33(28-16-18-32(41)24(2)19-28)34(42)38-29-17-15-26-13-9-10-14-27(26)22-29/h6-19,22-23,30-31,33,41H,20-21H2,1-5H3,(H,38,42)(H,39,44). The highest BCUT2D eigenvalue weighted by Gasteiger charge is 2.48. The average Bonchev–Trinajstić information content (AvgIpc) is 3.71. The van der Waals surface area contributed by atoms with Crippen LogP contribution in [0, 0.1) is 12.8 Å². The Balaban J connectivity index is 1.55. The number of aryl methyl sites for hydroxylation is 1. The molecule has 4 unspecified atom stereocenters. The van der Waals surface area contributed by atoms with Crippen molar-refractivity contribution in [2.75, 3.05) is 5.32 Å². The second kappa shape index (κ2) is 13.0. The first-order chi connectivity index (χ1) is 21.4. The molecule has 8 heteroatoms. The van der Waals surface area contributed by atoms with Crippen molar-refractivity contribution in [2.24, 2.45) is 5.92 Å². The fourth-order valence-corrected chi connectivity index (χ4v) is 5.62. The Labute approximate surface area is 264 Å². The lowest BCUT2D eigenvalue weighted by atomic mass is 9.98. The number of alkyl carbamates (subject to hydrolysis) is 1. The fraction of sp³-hybridized carbons (Fsp3) is 0.324. The highest BCUT2D eigenvalue weighted by Crippen LogP contribution is 2.41. The highest BCUT2D eigenvalue weighted by atomic mass is 16.6. The number of phenolic OH excluding ortho intramolecular Hbond substituents is 1. The number of rotatable bonds is 9. The molecule has 1 aliphatic rings. The number of aromatic hydroxyl groups is 1. The van der Waals surface area contributed by atoms with E-state index in [9.17, 15) is 19.5 Å². The van der Waals surface area contributed by atoms with Gasteiger partial charge in [0.25, 0.3) is 5.91 Å². The van der Waals surface area contributed by atoms with Crippen LogP contribution in [0.15, 0.2) is 91.0 Å². The van der Waals surface area contributed by atoms with Gasteiger partial charge >= 0.3 is 6.09 Å². The average molecular weight is 608 g/mol. The highest BCUT2D eigenvalue weighted by molar-refractivity contribution is 6.00. The van der Waals surface area contributed by atoms with Crippen molar-refractivity contribution in [1.82, 2.24) is 10.2 Å². The molecule has 45 heavy (non-hydrogen) atoms. The van der Waals surface area contributed by atoms with Gasteiger partial charge in [-0.05, 0) is 91.8 Å². The zero-order chi connectivity index (χ0) is 32.3. The van der Waals surface area contributed by atoms with E-state index in [0.717, 1.165) is 16.3 Å². The van der Waals surface area contributed by atoms with Crippen molar-refractivity contribution in [2.45, 2.75) is 71.2 Å². The number of phenols is 1. The SMILES string of the molecule is Cc1cc(C(C(=O)Nc2ccc3ccccc3c2)N(C(=O)C(Cc2ccccc2)NC(=O)OC(C)(C)C)C2CC2C)ccc1O. The molecule has 0 spiro atoms. The topological polar surface area (TPSA) is 108 Å². The van der Waals surface area contributed by atoms with Crippen molar-refractivity contribution < 1.29 is 24.2 Å². The number of nitrogens with one attached hydrogen (secondary N) is 2. The van der Waals surface area contributed by atoms with E-state index < -0.39 is 29.7 Å². The number of hydrogen-bond donors (Lipinski definition) is 3. The molecule has 0 bridgehead atoms. The summed E-state index contributed by atoms with van der Waals surface area (Å²) < 4.78 is 5.54. The first-order valence-electron chi connectivity index (χ1n) is 15.3. The number of ether oxygens (including phenoxy) is 1. The third kappa shape index (κ3) is 7.81. The Hall–Kier alpha value is -4.85. The minimum atomic E-state index is -1.03. The first kappa shape index (κ1) is 31.6. The van der Waals surface area contributed by atoms with Crippen LogP contribution in [-0.2, 0) is 20.7 Å². The van der Waals surface area contributed by atoms with E-state index in [0.29, 0.717) is 23.2 Å². The Morgan fingerprint density at radius 2 is 1.60 bits per heavy atom. The summed E-state index contributed by atoms with van der Waals surface area (Å²) in [6.07, 6.45) is 0.218. The molecule has 0 radical (unpaired) electrons. The number of benzene rings is 4. The number of carbonyl (C=O) groups excluding carboxylic acids is 3. The Bertz CT molecular complexity index is 1700. The first-order valence-corrected chi connectivity index (χ1v) is 15.3. The minimum absolute atomic E-state index is 0.0960. The molecule has 8 nitrogen and oxygen atoms in total. The van der Waals surface area contributed by atoms with Gasteiger partial charge in [0.2, 0.25) is 5.91 Å². The third-order valence-corrected chi connectivity index (χ3v) is 8.03. The van der Waals surface area contributed by atoms with Crippen molar-refractivity contribution in [3.05, 3.63) is 108 Å². The summed E-state index contributed by atoms with van der Waals surface area (Å²) in [4.78, 5) is 43.7. The van der Waals surface area contributed by atoms with E-state index in [1.807, 2.05) is 79.7 Å². The lowest BCUT2D eigenvalue weighted by molar-refractivity contribution is -0.141. The van der Waals surface area contributed by atoms with Gasteiger partial charge in [-0.25, -0.2) is 4.79 Å². The van der Waals surface area contributed by atoms with Gasteiger partial charge in [0.1, 0.15) is 23.4 Å². The van der Waals surface area contributed by atoms with Gasteiger partial charge in [-0.2, -0.15) is 0 Å². The Kier molecular flexibility index (Phi) is 9.14. The monoisotopic (exact) mass is 607 g/mol. The molecule has 3 amide bonds. The van der Waals surface area contributed by atoms with Crippen molar-refractivity contribution in [3.63, 3.8) is 0 Å². The molecule has 0 aromatic heterocycles. The summed E-state index contributed by atoms with van der Waals surface area (Å²) in [7, 11) is 0. The summed E-state index contributed by atoms with van der Waals surface area (Å²) in [5.74, 6) is -0.525. The molecule has 1 saturated carbocycles. The number of hydrogen-bond acceptors (Lipinski definition) is 5. The van der Waals surface area contributed by atoms with E-state index in [1.54, 1.807) is 50.8 Å². The maximum atomic E-state index is 14.7. The maximum absolute atomic E-state index is 14.7. The van der Waals surface area contributed by atoms with Crippen LogP contribution in [-0.4, -0.2) is 45.6 Å². The van der Waals surface area contributed by atoms with Gasteiger partial charge in [-0.3, -0.25) is 9.59 Å². The molecule has 234 valence electrons. The number of anilines is 1. The smallest absolute Gasteiger partial charge is 0.408 e. The van der Waals surface area contributed by atoms with E-state index >= 15 is 0 Å². The molecule has 1 fully saturated rings. The number of carbonyl (C=O) groups is 3. The molecule has 3 N–H and O–H groups in total. The molecule has 1 aliphatic carbocycles. The molecule has 4 aromatic carbocycles. The third-order valence-electron chi connectivity index (χ3n) is 8.03. The molecule has 4 atom stereocenters. The predicted molar refractivity (Wildman–Crippen MR) is 176 cm³/mol. The van der Waals surface area contributed by atoms with Crippen LogP contribution in [0.1, 0.15) is 56.8 Å². The maximum Gasteiger partial charge on any atom is 0.408 e. The van der Waals surface area contributed by atoms with E-state index in [4.69, 9.17) is 4.74 Å². The van der Waals surface area contributed by atoms with Gasteiger partial charge in [0.05, 0.1) is 0 Å². The van der Waals surface area contributed by atoms with E-state index in [1.165, 1.54) is 0 Å². The predicted octanol–water partition coefficient (Wildman–Crippen LogP) is 6.91. The van der Waals surface area contributed by atoms with Crippen molar-refractivity contribution in [1.29, 1.82) is 0 Å². The summed E-state index contributed by atoms with van der Waals surface area (Å²) >= 11 is 0. The second-order valence-electron chi connectivity index (χ2n) is 12.9. The van der Waals surface area contributed by atoms with Gasteiger partial charge < -0.3 is 25.4 Å². The molecular formula is C37H41N3O5. The van der Waals surface area contributed by atoms with Gasteiger partial charge in [0.15, 0.2) is 0 Å². The van der Waals surface area contributed by atoms with Crippen molar-refractivity contribution in [3.8, 4) is 5.75 Å². The zero-order valence-electron chi connectivity index (χ0n) is 26.4. The van der Waals surface area contributed by atoms with E-state index in [2.05, 4.69) is 10.6 Å². The normalized spacial score (nSPS) is 17.2. The Morgan fingerprint density at radius 3 is 2.24 bits per heavy atom. The molecule has 0 heterocycles. The minimum Gasteiger partial charge on any atom is -0.508 e. The summed E-state index contributed by atoms with van der Waals surface area (Å²) in [5.41, 5.74) is 1.84. The fourth-order valence-electron chi connectivity index (χ4n) is 5.62. The Morgan fingerprint density at radius 1 is 0.933 bits per heavy atom. The van der Waals surface area contributed by atoms with Gasteiger partial charge in [0, 0.05) is 18.2 Å². The van der Waals surface area contributed by atoms with Gasteiger partial charge in [-0.1, -0.05) is 73.7 Å². The molecule has 4 aromatic rings. The van der Waals surface area contributed by atoms with Crippen LogP contribution in [0.25, 0.3) is 10.8 Å². The zero-order valence-corrected chi connectivity index (χ0v) is 26.4. The molecular weight excluding hydrogens is 566 g/mol. The number of amides is 3. The van der Waals surface area contributed by atoms with E-state index in [-0.39, 0.29) is 30.0 Å². The van der Waals surface area contributed by atoms with Crippen LogP contribution in [0.4, 0.5) is 10.5 Å². The molecule has 0 saturated heterocycles. The summed E-state index contributed by atoms with van der Waals surface area (Å²) in [5, 5.41) is 18.2. The largest absolute Gasteiger partial charge is 0.508 e. The lowest BCUT2D eigenvalue weighted by Crippen LogP contribution is -2.54. The van der Waals surface area contributed by atoms with Crippen LogP contribution >= 0.6 is 0 Å². The van der Waals surface area contributed by atoms with Gasteiger partial charge in [-0.15, -0.1) is 0 Å². The second-order valence-corrected chi connectivity index (χ2v) is 12.9. The quantitative estimate of drug-likeness (QED) is 0.192. The molecule has 0 aliphatic heterocycles. The number of nitrogens with zero attached hydrogens (tertiary/aromatic N) is 1. The van der Waals surface area contributed by atoms with Crippen LogP contribution < -0.4 is 10.6 Å². The summed E-state index contributed by atoms with van der Waals surface area (Å²) in [6.45, 7) is 9.08. The number of fused-ring (bicyclic) bond motifs is 1. The van der Waals surface area contributed by atoms with Crippen LogP contribution in [0.2, 0.25) is 0 Å².